The summed E-state index contributed by atoms with van der Waals surface area (Å²) in [6, 6.07) is 1.39. The summed E-state index contributed by atoms with van der Waals surface area (Å²) in [5, 5.41) is 0.282. The first kappa shape index (κ1) is 10.8. The first-order valence-corrected chi connectivity index (χ1v) is 4.56. The number of hydrogen-bond acceptors (Lipinski definition) is 2. The molecular weight excluding hydrogens is 265 g/mol. The van der Waals surface area contributed by atoms with E-state index in [2.05, 4.69) is 20.9 Å². The van der Waals surface area contributed by atoms with Gasteiger partial charge >= 0.3 is 0 Å². The fourth-order valence-corrected chi connectivity index (χ4v) is 1.35. The van der Waals surface area contributed by atoms with Crippen LogP contribution in [0.25, 0.3) is 0 Å². The summed E-state index contributed by atoms with van der Waals surface area (Å²) < 4.78 is 24.9. The van der Waals surface area contributed by atoms with E-state index in [4.69, 9.17) is 17.3 Å². The minimum atomic E-state index is -2.63. The summed E-state index contributed by atoms with van der Waals surface area (Å²) in [4.78, 5) is 3.60. The van der Waals surface area contributed by atoms with Gasteiger partial charge in [-0.3, -0.25) is 0 Å². The Morgan fingerprint density at radius 1 is 1.62 bits per heavy atom. The van der Waals surface area contributed by atoms with Crippen LogP contribution < -0.4 is 5.73 Å². The molecule has 1 rings (SSSR count). The van der Waals surface area contributed by atoms with E-state index < -0.39 is 6.43 Å². The molecular formula is C7H6BrClF2N2. The molecule has 1 aromatic heterocycles. The lowest BCUT2D eigenvalue weighted by molar-refractivity contribution is 0.144. The molecule has 13 heavy (non-hydrogen) atoms. The fourth-order valence-electron chi connectivity index (χ4n) is 0.870. The van der Waals surface area contributed by atoms with Gasteiger partial charge in [0.1, 0.15) is 10.3 Å². The second kappa shape index (κ2) is 4.30. The maximum Gasteiger partial charge on any atom is 0.280 e. The van der Waals surface area contributed by atoms with Gasteiger partial charge in [-0.2, -0.15) is 0 Å². The van der Waals surface area contributed by atoms with Crippen molar-refractivity contribution in [3.63, 3.8) is 0 Å². The van der Waals surface area contributed by atoms with Crippen LogP contribution >= 0.6 is 27.5 Å². The predicted molar refractivity (Wildman–Crippen MR) is 49.8 cm³/mol. The normalized spacial score (nSPS) is 10.9. The number of nitrogens with two attached hydrogens (primary N) is 1. The van der Waals surface area contributed by atoms with Crippen molar-refractivity contribution in [3.8, 4) is 0 Å². The number of rotatable bonds is 2. The first-order chi connectivity index (χ1) is 6.06. The van der Waals surface area contributed by atoms with E-state index in [1.165, 1.54) is 6.07 Å². The average molecular weight is 271 g/mol. The molecule has 0 fully saturated rings. The molecule has 0 aliphatic rings. The van der Waals surface area contributed by atoms with Gasteiger partial charge in [-0.15, -0.1) is 0 Å². The highest BCUT2D eigenvalue weighted by Gasteiger charge is 2.16. The molecule has 2 N–H and O–H groups in total. The molecule has 0 atom stereocenters. The average Bonchev–Trinajstić information content (AvgIpc) is 2.08. The van der Waals surface area contributed by atoms with E-state index in [1.54, 1.807) is 0 Å². The van der Waals surface area contributed by atoms with E-state index >= 15 is 0 Å². The first-order valence-electron chi connectivity index (χ1n) is 3.39. The van der Waals surface area contributed by atoms with E-state index in [0.717, 1.165) is 0 Å². The Hall–Kier alpha value is -0.260. The smallest absolute Gasteiger partial charge is 0.280 e. The van der Waals surface area contributed by atoms with Crippen molar-refractivity contribution >= 4 is 27.5 Å². The van der Waals surface area contributed by atoms with Gasteiger partial charge in [-0.1, -0.05) is 11.6 Å². The maximum absolute atomic E-state index is 12.3. The highest BCUT2D eigenvalue weighted by Crippen LogP contribution is 2.28. The Kier molecular flexibility index (Phi) is 3.58. The van der Waals surface area contributed by atoms with Crippen LogP contribution in [-0.4, -0.2) is 4.98 Å². The van der Waals surface area contributed by atoms with Gasteiger partial charge < -0.3 is 5.73 Å². The van der Waals surface area contributed by atoms with E-state index in [-0.39, 0.29) is 27.4 Å². The molecule has 0 bridgehead atoms. The summed E-state index contributed by atoms with van der Waals surface area (Å²) in [6.45, 7) is -0.000324. The van der Waals surface area contributed by atoms with Crippen LogP contribution in [0.15, 0.2) is 10.7 Å². The van der Waals surface area contributed by atoms with Gasteiger partial charge in [0, 0.05) is 6.54 Å². The summed E-state index contributed by atoms with van der Waals surface area (Å²) >= 11 is 8.62. The minimum absolute atomic E-state index is 0.000324. The molecule has 6 heteroatoms. The predicted octanol–water partition coefficient (Wildman–Crippen LogP) is 2.89. The Bertz CT molecular complexity index is 320. The topological polar surface area (TPSA) is 38.9 Å². The zero-order chi connectivity index (χ0) is 10.0. The van der Waals surface area contributed by atoms with Crippen LogP contribution in [-0.2, 0) is 6.54 Å². The number of aromatic nitrogens is 1. The molecule has 1 heterocycles. The van der Waals surface area contributed by atoms with Crippen LogP contribution in [0.1, 0.15) is 17.7 Å². The van der Waals surface area contributed by atoms with Gasteiger partial charge in [0.15, 0.2) is 0 Å². The fraction of sp³-hybridized carbons (Fsp3) is 0.286. The Morgan fingerprint density at radius 2 is 2.23 bits per heavy atom. The molecule has 2 nitrogen and oxygen atoms in total. The molecule has 0 unspecified atom stereocenters. The maximum atomic E-state index is 12.3. The number of nitrogens with zero attached hydrogens (tertiary/aromatic N) is 1. The molecule has 0 aromatic carbocycles. The molecule has 1 aromatic rings. The van der Waals surface area contributed by atoms with E-state index in [9.17, 15) is 8.78 Å². The van der Waals surface area contributed by atoms with Crippen LogP contribution in [0.2, 0.25) is 5.02 Å². The Morgan fingerprint density at radius 3 is 2.69 bits per heavy atom. The quantitative estimate of drug-likeness (QED) is 0.840. The summed E-state index contributed by atoms with van der Waals surface area (Å²) in [5.74, 6) is 0. The van der Waals surface area contributed by atoms with Crippen molar-refractivity contribution in [1.82, 2.24) is 4.98 Å². The van der Waals surface area contributed by atoms with Gasteiger partial charge in [-0.05, 0) is 27.6 Å². The highest BCUT2D eigenvalue weighted by molar-refractivity contribution is 9.10. The highest BCUT2D eigenvalue weighted by atomic mass is 79.9. The summed E-state index contributed by atoms with van der Waals surface area (Å²) in [6.07, 6.45) is -2.63. The Labute approximate surface area is 87.2 Å². The van der Waals surface area contributed by atoms with Crippen LogP contribution in [0.5, 0.6) is 0 Å². The molecule has 0 saturated carbocycles. The zero-order valence-electron chi connectivity index (χ0n) is 6.40. The standard InChI is InChI=1S/C7H6BrClF2N2/c8-6-4(9)1-3(2-12)5(13-6)7(10)11/h1,7H,2,12H2. The number of halogens is 4. The van der Waals surface area contributed by atoms with E-state index in [1.807, 2.05) is 0 Å². The minimum Gasteiger partial charge on any atom is -0.326 e. The third-order valence-corrected chi connectivity index (χ3v) is 2.59. The van der Waals surface area contributed by atoms with Crippen LogP contribution in [0.3, 0.4) is 0 Å². The molecule has 0 aliphatic heterocycles. The van der Waals surface area contributed by atoms with Crippen molar-refractivity contribution < 1.29 is 8.78 Å². The van der Waals surface area contributed by atoms with Gasteiger partial charge in [0.05, 0.1) is 5.02 Å². The monoisotopic (exact) mass is 270 g/mol. The van der Waals surface area contributed by atoms with Crippen molar-refractivity contribution in [2.75, 3.05) is 0 Å². The number of alkyl halides is 2. The largest absolute Gasteiger partial charge is 0.326 e. The van der Waals surface area contributed by atoms with E-state index in [0.29, 0.717) is 0 Å². The summed E-state index contributed by atoms with van der Waals surface area (Å²) in [5.41, 5.74) is 5.21. The molecule has 0 aliphatic carbocycles. The SMILES string of the molecule is NCc1cc(Cl)c(Br)nc1C(F)F. The lowest BCUT2D eigenvalue weighted by Crippen LogP contribution is -2.04. The number of pyridine rings is 1. The molecule has 72 valence electrons. The Balaban J connectivity index is 3.25. The molecule has 0 amide bonds. The summed E-state index contributed by atoms with van der Waals surface area (Å²) in [7, 11) is 0. The van der Waals surface area contributed by atoms with Crippen molar-refractivity contribution in [1.29, 1.82) is 0 Å². The van der Waals surface area contributed by atoms with Gasteiger partial charge in [0.25, 0.3) is 6.43 Å². The molecule has 0 spiro atoms. The lowest BCUT2D eigenvalue weighted by Gasteiger charge is -2.07. The third-order valence-electron chi connectivity index (χ3n) is 1.47. The second-order valence-electron chi connectivity index (χ2n) is 2.31. The zero-order valence-corrected chi connectivity index (χ0v) is 8.74. The van der Waals surface area contributed by atoms with Gasteiger partial charge in [0.2, 0.25) is 0 Å². The third kappa shape index (κ3) is 2.36. The van der Waals surface area contributed by atoms with Crippen LogP contribution in [0, 0.1) is 0 Å². The van der Waals surface area contributed by atoms with Crippen LogP contribution in [0.4, 0.5) is 8.78 Å². The van der Waals surface area contributed by atoms with Crippen molar-refractivity contribution in [2.45, 2.75) is 13.0 Å². The van der Waals surface area contributed by atoms with Gasteiger partial charge in [-0.25, -0.2) is 13.8 Å². The van der Waals surface area contributed by atoms with Crippen molar-refractivity contribution in [2.24, 2.45) is 5.73 Å². The van der Waals surface area contributed by atoms with Crippen molar-refractivity contribution in [3.05, 3.63) is 26.9 Å². The molecule has 0 saturated heterocycles. The second-order valence-corrected chi connectivity index (χ2v) is 3.47. The number of hydrogen-bond donors (Lipinski definition) is 1. The molecule has 0 radical (unpaired) electrons. The lowest BCUT2D eigenvalue weighted by atomic mass is 10.2.